The van der Waals surface area contributed by atoms with Crippen molar-refractivity contribution in [1.82, 2.24) is 20.6 Å². The highest BCUT2D eigenvalue weighted by Crippen LogP contribution is 2.17. The van der Waals surface area contributed by atoms with Crippen LogP contribution in [0.3, 0.4) is 0 Å². The van der Waals surface area contributed by atoms with E-state index in [1.807, 2.05) is 31.2 Å². The van der Waals surface area contributed by atoms with E-state index >= 15 is 0 Å². The van der Waals surface area contributed by atoms with Gasteiger partial charge in [0.05, 0.1) is 23.1 Å². The van der Waals surface area contributed by atoms with Crippen LogP contribution in [0.5, 0.6) is 0 Å². The molecule has 2 heterocycles. The van der Waals surface area contributed by atoms with Crippen LogP contribution in [0.25, 0.3) is 11.0 Å². The zero-order chi connectivity index (χ0) is 17.8. The molecule has 6 heteroatoms. The molecule has 1 unspecified atom stereocenters. The van der Waals surface area contributed by atoms with Gasteiger partial charge in [-0.1, -0.05) is 26.0 Å². The van der Waals surface area contributed by atoms with E-state index in [9.17, 15) is 4.79 Å². The van der Waals surface area contributed by atoms with Gasteiger partial charge in [0.25, 0.3) is 0 Å². The Hall–Kier alpha value is -1.92. The molecule has 0 saturated carbocycles. The first-order valence-electron chi connectivity index (χ1n) is 9.13. The Labute approximate surface area is 148 Å². The van der Waals surface area contributed by atoms with Gasteiger partial charge in [-0.2, -0.15) is 0 Å². The Morgan fingerprint density at radius 3 is 2.64 bits per heavy atom. The molecule has 1 aliphatic heterocycles. The number of fused-ring (bicyclic) bond motifs is 1. The standard InChI is InChI=1S/C19H28N4O2/c1-12(2)17(21-14-8-10-25-11-9-14)19(24)20-13(3)18-22-15-6-4-5-7-16(15)23-18/h4-7,12-14,17,21H,8-11H2,1-3H3,(H,20,24)(H,22,23)/t13-,17?/m0/s1. The van der Waals surface area contributed by atoms with Crippen LogP contribution in [0.1, 0.15) is 45.5 Å². The zero-order valence-electron chi connectivity index (χ0n) is 15.2. The van der Waals surface area contributed by atoms with Crippen LogP contribution in [0, 0.1) is 5.92 Å². The summed E-state index contributed by atoms with van der Waals surface area (Å²) < 4.78 is 5.40. The van der Waals surface area contributed by atoms with Crippen molar-refractivity contribution in [1.29, 1.82) is 0 Å². The highest BCUT2D eigenvalue weighted by Gasteiger charge is 2.27. The molecule has 3 N–H and O–H groups in total. The van der Waals surface area contributed by atoms with Gasteiger partial charge in [-0.25, -0.2) is 4.98 Å². The molecular formula is C19H28N4O2. The normalized spacial score (nSPS) is 18.4. The minimum absolute atomic E-state index is 0.0226. The average molecular weight is 344 g/mol. The summed E-state index contributed by atoms with van der Waals surface area (Å²) in [6.45, 7) is 7.63. The molecule has 1 fully saturated rings. The maximum Gasteiger partial charge on any atom is 0.237 e. The number of H-pyrrole nitrogens is 1. The summed E-state index contributed by atoms with van der Waals surface area (Å²) in [5.74, 6) is 1.02. The number of hydrogen-bond acceptors (Lipinski definition) is 4. The van der Waals surface area contributed by atoms with E-state index in [4.69, 9.17) is 4.74 Å². The average Bonchev–Trinajstić information content (AvgIpc) is 3.04. The van der Waals surface area contributed by atoms with Gasteiger partial charge in [0.1, 0.15) is 5.82 Å². The van der Waals surface area contributed by atoms with E-state index in [1.54, 1.807) is 0 Å². The molecule has 3 rings (SSSR count). The number of amides is 1. The molecule has 0 radical (unpaired) electrons. The van der Waals surface area contributed by atoms with Crippen LogP contribution in [-0.2, 0) is 9.53 Å². The number of aromatic nitrogens is 2. The van der Waals surface area contributed by atoms with E-state index in [1.165, 1.54) is 0 Å². The monoisotopic (exact) mass is 344 g/mol. The van der Waals surface area contributed by atoms with E-state index in [2.05, 4.69) is 34.4 Å². The lowest BCUT2D eigenvalue weighted by Crippen LogP contribution is -2.52. The molecular weight excluding hydrogens is 316 g/mol. The van der Waals surface area contributed by atoms with Crippen LogP contribution in [0.4, 0.5) is 0 Å². The lowest BCUT2D eigenvalue weighted by atomic mass is 9.99. The van der Waals surface area contributed by atoms with Gasteiger partial charge in [0, 0.05) is 19.3 Å². The SMILES string of the molecule is CC(C)C(NC1CCOCC1)C(=O)N[C@@H](C)c1nc2ccccc2[nH]1. The zero-order valence-corrected chi connectivity index (χ0v) is 15.2. The summed E-state index contributed by atoms with van der Waals surface area (Å²) in [5.41, 5.74) is 1.90. The highest BCUT2D eigenvalue weighted by molar-refractivity contribution is 5.82. The molecule has 1 saturated heterocycles. The number of nitrogens with one attached hydrogen (secondary N) is 3. The molecule has 0 aliphatic carbocycles. The predicted molar refractivity (Wildman–Crippen MR) is 98.3 cm³/mol. The van der Waals surface area contributed by atoms with Crippen molar-refractivity contribution >= 4 is 16.9 Å². The molecule has 1 aromatic carbocycles. The van der Waals surface area contributed by atoms with Crippen molar-refractivity contribution in [3.63, 3.8) is 0 Å². The molecule has 2 aromatic rings. The summed E-state index contributed by atoms with van der Waals surface area (Å²) in [6, 6.07) is 7.85. The summed E-state index contributed by atoms with van der Waals surface area (Å²) in [7, 11) is 0. The molecule has 6 nitrogen and oxygen atoms in total. The van der Waals surface area contributed by atoms with Crippen LogP contribution in [0.2, 0.25) is 0 Å². The first-order valence-corrected chi connectivity index (χ1v) is 9.13. The molecule has 1 amide bonds. The van der Waals surface area contributed by atoms with Crippen LogP contribution in [-0.4, -0.2) is 41.2 Å². The van der Waals surface area contributed by atoms with Gasteiger partial charge >= 0.3 is 0 Å². The number of ether oxygens (including phenoxy) is 1. The third-order valence-corrected chi connectivity index (χ3v) is 4.76. The summed E-state index contributed by atoms with van der Waals surface area (Å²) in [4.78, 5) is 20.7. The van der Waals surface area contributed by atoms with Crippen molar-refractivity contribution < 1.29 is 9.53 Å². The number of rotatable bonds is 6. The summed E-state index contributed by atoms with van der Waals surface area (Å²) in [5, 5.41) is 6.62. The Morgan fingerprint density at radius 1 is 1.24 bits per heavy atom. The van der Waals surface area contributed by atoms with Gasteiger partial charge < -0.3 is 20.4 Å². The fourth-order valence-corrected chi connectivity index (χ4v) is 3.24. The Morgan fingerprint density at radius 2 is 1.96 bits per heavy atom. The second-order valence-corrected chi connectivity index (χ2v) is 7.14. The van der Waals surface area contributed by atoms with Crippen molar-refractivity contribution in [3.05, 3.63) is 30.1 Å². The number of benzene rings is 1. The number of imidazole rings is 1. The minimum Gasteiger partial charge on any atom is -0.381 e. The topological polar surface area (TPSA) is 79.0 Å². The van der Waals surface area contributed by atoms with Gasteiger partial charge in [-0.15, -0.1) is 0 Å². The van der Waals surface area contributed by atoms with E-state index < -0.39 is 0 Å². The first-order chi connectivity index (χ1) is 12.0. The molecule has 0 spiro atoms. The second kappa shape index (κ2) is 7.97. The second-order valence-electron chi connectivity index (χ2n) is 7.14. The lowest BCUT2D eigenvalue weighted by molar-refractivity contribution is -0.125. The highest BCUT2D eigenvalue weighted by atomic mass is 16.5. The van der Waals surface area contributed by atoms with Crippen molar-refractivity contribution in [2.75, 3.05) is 13.2 Å². The fraction of sp³-hybridized carbons (Fsp3) is 0.579. The number of hydrogen-bond donors (Lipinski definition) is 3. The van der Waals surface area contributed by atoms with Gasteiger partial charge in [0.15, 0.2) is 0 Å². The minimum atomic E-state index is -0.213. The Balaban J connectivity index is 1.65. The molecule has 136 valence electrons. The Kier molecular flexibility index (Phi) is 5.71. The third kappa shape index (κ3) is 4.38. The maximum atomic E-state index is 12.8. The van der Waals surface area contributed by atoms with Crippen molar-refractivity contribution in [2.24, 2.45) is 5.92 Å². The van der Waals surface area contributed by atoms with Crippen molar-refractivity contribution in [3.8, 4) is 0 Å². The van der Waals surface area contributed by atoms with Gasteiger partial charge in [-0.05, 0) is 37.8 Å². The Bertz CT molecular complexity index is 673. The third-order valence-electron chi connectivity index (χ3n) is 4.76. The largest absolute Gasteiger partial charge is 0.381 e. The summed E-state index contributed by atoms with van der Waals surface area (Å²) >= 11 is 0. The van der Waals surface area contributed by atoms with Gasteiger partial charge in [0.2, 0.25) is 5.91 Å². The first kappa shape index (κ1) is 17.9. The maximum absolute atomic E-state index is 12.8. The van der Waals surface area contributed by atoms with Crippen LogP contribution < -0.4 is 10.6 Å². The number of para-hydroxylation sites is 2. The van der Waals surface area contributed by atoms with Crippen LogP contribution in [0.15, 0.2) is 24.3 Å². The van der Waals surface area contributed by atoms with E-state index in [-0.39, 0.29) is 23.9 Å². The smallest absolute Gasteiger partial charge is 0.237 e. The quantitative estimate of drug-likeness (QED) is 0.752. The summed E-state index contributed by atoms with van der Waals surface area (Å²) in [6.07, 6.45) is 1.91. The molecule has 2 atom stereocenters. The van der Waals surface area contributed by atoms with E-state index in [0.717, 1.165) is 42.9 Å². The molecule has 0 bridgehead atoms. The fourth-order valence-electron chi connectivity index (χ4n) is 3.24. The molecule has 25 heavy (non-hydrogen) atoms. The lowest BCUT2D eigenvalue weighted by Gasteiger charge is -2.30. The van der Waals surface area contributed by atoms with E-state index in [0.29, 0.717) is 6.04 Å². The molecule has 1 aliphatic rings. The predicted octanol–water partition coefficient (Wildman–Crippen LogP) is 2.53. The number of carbonyl (C=O) groups excluding carboxylic acids is 1. The van der Waals surface area contributed by atoms with Crippen molar-refractivity contribution in [2.45, 2.75) is 51.7 Å². The molecule has 1 aromatic heterocycles. The number of carbonyl (C=O) groups is 1. The number of nitrogens with zero attached hydrogens (tertiary/aromatic N) is 1. The number of aromatic amines is 1. The van der Waals surface area contributed by atoms with Crippen LogP contribution >= 0.6 is 0 Å². The van der Waals surface area contributed by atoms with Gasteiger partial charge in [-0.3, -0.25) is 4.79 Å².